The standard InChI is InChI=1S/C7H15N.2Y/c1-4-5-7(2)6-8-3;;/h4,8H,5-6H2,1-3H3;;/q-2;;. The second-order valence-electron chi connectivity index (χ2n) is 2.10. The summed E-state index contributed by atoms with van der Waals surface area (Å²) in [6, 6.07) is 0. The van der Waals surface area contributed by atoms with Gasteiger partial charge in [-0.1, -0.05) is 0 Å². The third kappa shape index (κ3) is 12.8. The molecule has 1 N–H and O–H groups in total. The average Bonchev–Trinajstić information content (AvgIpc) is 1.68. The molecule has 0 saturated carbocycles. The maximum absolute atomic E-state index is 3.10. The topological polar surface area (TPSA) is 12.0 Å². The second-order valence-corrected chi connectivity index (χ2v) is 2.10. The van der Waals surface area contributed by atoms with Crippen molar-refractivity contribution in [2.75, 3.05) is 13.6 Å². The summed E-state index contributed by atoms with van der Waals surface area (Å²) in [4.78, 5) is 0. The van der Waals surface area contributed by atoms with Crippen LogP contribution in [0.5, 0.6) is 0 Å². The molecule has 0 amide bonds. The fourth-order valence-electron chi connectivity index (χ4n) is 0.722. The zero-order chi connectivity index (χ0) is 6.41. The van der Waals surface area contributed by atoms with Gasteiger partial charge < -0.3 is 24.1 Å². The summed E-state index contributed by atoms with van der Waals surface area (Å²) in [7, 11) is 1.97. The summed E-state index contributed by atoms with van der Waals surface area (Å²) in [6.45, 7) is 5.29. The first-order chi connectivity index (χ1) is 3.81. The van der Waals surface area contributed by atoms with E-state index in [1.807, 2.05) is 7.05 Å². The number of rotatable bonds is 4. The first-order valence-electron chi connectivity index (χ1n) is 3.05. The van der Waals surface area contributed by atoms with E-state index < -0.39 is 0 Å². The molecule has 3 heteroatoms. The van der Waals surface area contributed by atoms with Crippen molar-refractivity contribution >= 4 is 0 Å². The monoisotopic (exact) mass is 291 g/mol. The Morgan fingerprint density at radius 3 is 2.20 bits per heavy atom. The zero-order valence-electron chi connectivity index (χ0n) is 7.15. The number of hydrogen-bond donors (Lipinski definition) is 1. The van der Waals surface area contributed by atoms with Crippen LogP contribution >= 0.6 is 0 Å². The molecular weight excluding hydrogens is 276 g/mol. The molecule has 0 atom stereocenters. The van der Waals surface area contributed by atoms with Crippen LogP contribution in [0.15, 0.2) is 0 Å². The van der Waals surface area contributed by atoms with Gasteiger partial charge in [0.15, 0.2) is 0 Å². The number of hydrogen-bond acceptors (Lipinski definition) is 1. The van der Waals surface area contributed by atoms with E-state index in [1.165, 1.54) is 5.92 Å². The van der Waals surface area contributed by atoms with E-state index in [-0.39, 0.29) is 65.4 Å². The summed E-state index contributed by atoms with van der Waals surface area (Å²) < 4.78 is 0. The van der Waals surface area contributed by atoms with Gasteiger partial charge >= 0.3 is 0 Å². The van der Waals surface area contributed by atoms with Crippen LogP contribution in [-0.4, -0.2) is 13.6 Å². The Balaban J connectivity index is -0.000000245. The molecule has 56 valence electrons. The molecule has 0 aliphatic rings. The van der Waals surface area contributed by atoms with Crippen LogP contribution in [-0.2, 0) is 65.4 Å². The second kappa shape index (κ2) is 13.7. The molecule has 0 aromatic heterocycles. The smallest absolute Gasteiger partial charge is 0 e. The van der Waals surface area contributed by atoms with E-state index in [1.54, 1.807) is 0 Å². The number of nitrogens with one attached hydrogen (secondary N) is 1. The van der Waals surface area contributed by atoms with Gasteiger partial charge in [0.1, 0.15) is 0 Å². The van der Waals surface area contributed by atoms with Crippen LogP contribution in [0, 0.1) is 12.3 Å². The summed E-state index contributed by atoms with van der Waals surface area (Å²) in [6.07, 6.45) is 3.31. The molecule has 0 spiro atoms. The maximum Gasteiger partial charge on any atom is 0 e. The summed E-state index contributed by atoms with van der Waals surface area (Å²) in [5, 5.41) is 3.10. The Hall–Kier alpha value is 2.17. The van der Waals surface area contributed by atoms with Gasteiger partial charge in [0.25, 0.3) is 0 Å². The van der Waals surface area contributed by atoms with Crippen LogP contribution in [0.2, 0.25) is 0 Å². The molecule has 1 nitrogen and oxygen atoms in total. The van der Waals surface area contributed by atoms with Crippen molar-refractivity contribution in [3.05, 3.63) is 12.3 Å². The molecule has 0 unspecified atom stereocenters. The normalized spacial score (nSPS) is 8.40. The third-order valence-electron chi connectivity index (χ3n) is 1.03. The zero-order valence-corrected chi connectivity index (χ0v) is 12.8. The van der Waals surface area contributed by atoms with E-state index in [0.717, 1.165) is 13.0 Å². The van der Waals surface area contributed by atoms with Gasteiger partial charge in [-0.25, -0.2) is 0 Å². The summed E-state index contributed by atoms with van der Waals surface area (Å²) in [5.74, 6) is 1.50. The van der Waals surface area contributed by atoms with E-state index in [2.05, 4.69) is 25.6 Å². The first-order valence-corrected chi connectivity index (χ1v) is 3.05. The van der Waals surface area contributed by atoms with E-state index >= 15 is 0 Å². The SMILES string of the molecule is C[CH-]C[C-](C)CNC.[Y].[Y]. The van der Waals surface area contributed by atoms with Crippen molar-refractivity contribution in [2.24, 2.45) is 0 Å². The van der Waals surface area contributed by atoms with E-state index in [9.17, 15) is 0 Å². The maximum atomic E-state index is 3.10. The minimum absolute atomic E-state index is 0. The van der Waals surface area contributed by atoms with Crippen LogP contribution in [0.25, 0.3) is 0 Å². The third-order valence-corrected chi connectivity index (χ3v) is 1.03. The fourth-order valence-corrected chi connectivity index (χ4v) is 0.722. The fraction of sp³-hybridized carbons (Fsp3) is 0.714. The average molecular weight is 291 g/mol. The first kappa shape index (κ1) is 18.1. The Bertz CT molecular complexity index is 44.9. The van der Waals surface area contributed by atoms with Gasteiger partial charge in [-0.3, -0.25) is 0 Å². The van der Waals surface area contributed by atoms with Crippen molar-refractivity contribution in [1.82, 2.24) is 5.32 Å². The molecule has 2 radical (unpaired) electrons. The molecule has 0 aliphatic carbocycles. The van der Waals surface area contributed by atoms with Crippen LogP contribution in [0.3, 0.4) is 0 Å². The van der Waals surface area contributed by atoms with Crippen molar-refractivity contribution < 1.29 is 65.4 Å². The van der Waals surface area contributed by atoms with Gasteiger partial charge in [-0.15, -0.1) is 6.54 Å². The van der Waals surface area contributed by atoms with Crippen molar-refractivity contribution in [1.29, 1.82) is 0 Å². The van der Waals surface area contributed by atoms with Crippen molar-refractivity contribution in [2.45, 2.75) is 20.3 Å². The van der Waals surface area contributed by atoms with Crippen LogP contribution in [0.1, 0.15) is 20.3 Å². The Kier molecular flexibility index (Phi) is 24.8. The van der Waals surface area contributed by atoms with Crippen molar-refractivity contribution in [3.63, 3.8) is 0 Å². The molecule has 0 aromatic carbocycles. The minimum atomic E-state index is 0. The van der Waals surface area contributed by atoms with Crippen LogP contribution < -0.4 is 5.32 Å². The molecule has 0 aromatic rings. The molecule has 0 saturated heterocycles. The largest absolute Gasteiger partial charge is 0.360 e. The summed E-state index contributed by atoms with van der Waals surface area (Å²) in [5.41, 5.74) is 0. The molecule has 0 bridgehead atoms. The predicted octanol–water partition coefficient (Wildman–Crippen LogP) is 1.41. The van der Waals surface area contributed by atoms with Gasteiger partial charge in [-0.2, -0.15) is 13.8 Å². The minimum Gasteiger partial charge on any atom is -0.360 e. The van der Waals surface area contributed by atoms with Crippen LogP contribution in [0.4, 0.5) is 0 Å². The van der Waals surface area contributed by atoms with Gasteiger partial charge in [0.05, 0.1) is 0 Å². The van der Waals surface area contributed by atoms with E-state index in [0.29, 0.717) is 0 Å². The molecule has 10 heavy (non-hydrogen) atoms. The molecule has 0 fully saturated rings. The molecular formula is C7H15NY2-2. The predicted molar refractivity (Wildman–Crippen MR) is 37.4 cm³/mol. The van der Waals surface area contributed by atoms with Gasteiger partial charge in [0, 0.05) is 65.4 Å². The molecule has 0 rings (SSSR count). The van der Waals surface area contributed by atoms with Gasteiger partial charge in [-0.05, 0) is 7.05 Å². The molecule has 0 aliphatic heterocycles. The Labute approximate surface area is 115 Å². The Morgan fingerprint density at radius 1 is 1.40 bits per heavy atom. The van der Waals surface area contributed by atoms with Crippen molar-refractivity contribution in [3.8, 4) is 0 Å². The van der Waals surface area contributed by atoms with E-state index in [4.69, 9.17) is 0 Å². The van der Waals surface area contributed by atoms with Gasteiger partial charge in [0.2, 0.25) is 0 Å². The Morgan fingerprint density at radius 2 is 1.90 bits per heavy atom. The molecule has 0 heterocycles. The summed E-state index contributed by atoms with van der Waals surface area (Å²) >= 11 is 0. The quantitative estimate of drug-likeness (QED) is 0.772.